The molecule has 122 valence electrons. The lowest BCUT2D eigenvalue weighted by Crippen LogP contribution is -2.04. The molecule has 2 heterocycles. The fraction of sp³-hybridized carbons (Fsp3) is 0.0500. The number of benzene rings is 2. The Labute approximate surface area is 146 Å². The summed E-state index contributed by atoms with van der Waals surface area (Å²) < 4.78 is 1.96. The second-order valence-electron chi connectivity index (χ2n) is 5.67. The minimum Gasteiger partial charge on any atom is -0.324 e. The van der Waals surface area contributed by atoms with Gasteiger partial charge in [-0.05, 0) is 24.6 Å². The first kappa shape index (κ1) is 15.1. The molecular weight excluding hydrogens is 310 g/mol. The molecule has 0 aliphatic carbocycles. The largest absolute Gasteiger partial charge is 0.324 e. The first-order valence-electron chi connectivity index (χ1n) is 8.06. The highest BCUT2D eigenvalue weighted by Gasteiger charge is 2.09. The van der Waals surface area contributed by atoms with Crippen molar-refractivity contribution in [2.75, 3.05) is 5.32 Å². The molecule has 0 atom stereocenters. The maximum atomic E-state index is 4.64. The third kappa shape index (κ3) is 3.12. The molecule has 0 saturated carbocycles. The van der Waals surface area contributed by atoms with E-state index >= 15 is 0 Å². The molecule has 0 aliphatic rings. The van der Waals surface area contributed by atoms with Gasteiger partial charge >= 0.3 is 0 Å². The summed E-state index contributed by atoms with van der Waals surface area (Å²) in [6.45, 7) is 2.05. The summed E-state index contributed by atoms with van der Waals surface area (Å²) >= 11 is 0. The summed E-state index contributed by atoms with van der Waals surface area (Å²) in [6, 6.07) is 20.0. The number of nitrogens with zero attached hydrogens (tertiary/aromatic N) is 4. The molecule has 0 fully saturated rings. The first-order valence-corrected chi connectivity index (χ1v) is 8.06. The average molecular weight is 327 g/mol. The van der Waals surface area contributed by atoms with E-state index in [-0.39, 0.29) is 0 Å². The fourth-order valence-electron chi connectivity index (χ4n) is 2.67. The molecule has 0 unspecified atom stereocenters. The third-order valence-corrected chi connectivity index (χ3v) is 3.95. The van der Waals surface area contributed by atoms with Gasteiger partial charge in [-0.15, -0.1) is 0 Å². The molecule has 2 aromatic heterocycles. The first-order chi connectivity index (χ1) is 12.3. The maximum Gasteiger partial charge on any atom is 0.229 e. The Morgan fingerprint density at radius 3 is 2.48 bits per heavy atom. The summed E-state index contributed by atoms with van der Waals surface area (Å²) in [5, 5.41) is 3.28. The van der Waals surface area contributed by atoms with Gasteiger partial charge in [-0.1, -0.05) is 48.5 Å². The van der Waals surface area contributed by atoms with Crippen LogP contribution in [0.4, 0.5) is 11.6 Å². The van der Waals surface area contributed by atoms with Crippen LogP contribution >= 0.6 is 0 Å². The van der Waals surface area contributed by atoms with Crippen LogP contribution in [-0.2, 0) is 0 Å². The minimum atomic E-state index is 0.555. The van der Waals surface area contributed by atoms with Gasteiger partial charge in [0.1, 0.15) is 11.6 Å². The Bertz CT molecular complexity index is 992. The summed E-state index contributed by atoms with van der Waals surface area (Å²) in [6.07, 6.45) is 5.43. The molecule has 5 nitrogen and oxygen atoms in total. The standard InChI is InChI=1S/C20H17N5/c1-15-7-5-6-10-17(15)23-20-22-12-11-18(24-20)25-14-13-21-19(25)16-8-3-2-4-9-16/h2-14H,1H3,(H,22,23,24). The minimum absolute atomic E-state index is 0.555. The third-order valence-electron chi connectivity index (χ3n) is 3.95. The number of rotatable bonds is 4. The summed E-state index contributed by atoms with van der Waals surface area (Å²) in [5.41, 5.74) is 3.18. The lowest BCUT2D eigenvalue weighted by Gasteiger charge is -2.10. The van der Waals surface area contributed by atoms with Crippen molar-refractivity contribution in [1.82, 2.24) is 19.5 Å². The normalized spacial score (nSPS) is 10.6. The number of para-hydroxylation sites is 1. The SMILES string of the molecule is Cc1ccccc1Nc1nccc(-n2ccnc2-c2ccccc2)n1. The van der Waals surface area contributed by atoms with Crippen molar-refractivity contribution in [1.29, 1.82) is 0 Å². The molecular formula is C20H17N5. The lowest BCUT2D eigenvalue weighted by molar-refractivity contribution is 0.983. The van der Waals surface area contributed by atoms with E-state index in [4.69, 9.17) is 0 Å². The van der Waals surface area contributed by atoms with Gasteiger partial charge < -0.3 is 5.32 Å². The summed E-state index contributed by atoms with van der Waals surface area (Å²) in [4.78, 5) is 13.4. The van der Waals surface area contributed by atoms with Crippen molar-refractivity contribution < 1.29 is 0 Å². The number of nitrogens with one attached hydrogen (secondary N) is 1. The van der Waals surface area contributed by atoms with Gasteiger partial charge in [-0.3, -0.25) is 4.57 Å². The molecule has 4 aromatic rings. The molecule has 0 aliphatic heterocycles. The van der Waals surface area contributed by atoms with Crippen LogP contribution in [0.1, 0.15) is 5.56 Å². The molecule has 2 aromatic carbocycles. The van der Waals surface area contributed by atoms with Gasteiger partial charge in [0, 0.05) is 29.8 Å². The van der Waals surface area contributed by atoms with E-state index in [0.717, 1.165) is 28.5 Å². The molecule has 0 amide bonds. The van der Waals surface area contributed by atoms with Crippen molar-refractivity contribution in [2.45, 2.75) is 6.92 Å². The predicted molar refractivity (Wildman–Crippen MR) is 99.1 cm³/mol. The molecule has 4 rings (SSSR count). The van der Waals surface area contributed by atoms with Crippen molar-refractivity contribution in [3.63, 3.8) is 0 Å². The monoisotopic (exact) mass is 327 g/mol. The Morgan fingerprint density at radius 1 is 0.840 bits per heavy atom. The fourth-order valence-corrected chi connectivity index (χ4v) is 2.67. The highest BCUT2D eigenvalue weighted by Crippen LogP contribution is 2.22. The van der Waals surface area contributed by atoms with Crippen LogP contribution in [0, 0.1) is 6.92 Å². The second kappa shape index (κ2) is 6.57. The number of aryl methyl sites for hydroxylation is 1. The van der Waals surface area contributed by atoms with Crippen LogP contribution in [0.5, 0.6) is 0 Å². The van der Waals surface area contributed by atoms with Crippen molar-refractivity contribution in [3.05, 3.63) is 84.8 Å². The Kier molecular flexibility index (Phi) is 3.96. The number of anilines is 2. The highest BCUT2D eigenvalue weighted by molar-refractivity contribution is 5.60. The van der Waals surface area contributed by atoms with Crippen LogP contribution in [0.2, 0.25) is 0 Å². The topological polar surface area (TPSA) is 55.6 Å². The predicted octanol–water partition coefficient (Wildman–Crippen LogP) is 4.38. The smallest absolute Gasteiger partial charge is 0.229 e. The summed E-state index contributed by atoms with van der Waals surface area (Å²) in [5.74, 6) is 2.17. The number of aromatic nitrogens is 4. The number of hydrogen-bond donors (Lipinski definition) is 1. The van der Waals surface area contributed by atoms with E-state index in [1.165, 1.54) is 0 Å². The van der Waals surface area contributed by atoms with Gasteiger partial charge in [0.2, 0.25) is 5.95 Å². The Morgan fingerprint density at radius 2 is 1.64 bits per heavy atom. The zero-order valence-corrected chi connectivity index (χ0v) is 13.8. The number of imidazole rings is 1. The zero-order valence-electron chi connectivity index (χ0n) is 13.8. The van der Waals surface area contributed by atoms with E-state index in [2.05, 4.69) is 33.3 Å². The van der Waals surface area contributed by atoms with Crippen LogP contribution in [0.3, 0.4) is 0 Å². The van der Waals surface area contributed by atoms with E-state index < -0.39 is 0 Å². The van der Waals surface area contributed by atoms with Crippen LogP contribution in [0.15, 0.2) is 79.3 Å². The molecule has 0 spiro atoms. The van der Waals surface area contributed by atoms with E-state index in [1.54, 1.807) is 12.4 Å². The number of hydrogen-bond acceptors (Lipinski definition) is 4. The van der Waals surface area contributed by atoms with E-state index in [1.807, 2.05) is 65.4 Å². The lowest BCUT2D eigenvalue weighted by atomic mass is 10.2. The van der Waals surface area contributed by atoms with E-state index in [0.29, 0.717) is 5.95 Å². The molecule has 25 heavy (non-hydrogen) atoms. The second-order valence-corrected chi connectivity index (χ2v) is 5.67. The molecule has 0 saturated heterocycles. The van der Waals surface area contributed by atoms with Crippen LogP contribution in [0.25, 0.3) is 17.2 Å². The quantitative estimate of drug-likeness (QED) is 0.604. The summed E-state index contributed by atoms with van der Waals surface area (Å²) in [7, 11) is 0. The molecule has 5 heteroatoms. The Balaban J connectivity index is 1.69. The van der Waals surface area contributed by atoms with Crippen molar-refractivity contribution in [3.8, 4) is 17.2 Å². The maximum absolute atomic E-state index is 4.64. The Hall–Kier alpha value is -3.47. The average Bonchev–Trinajstić information content (AvgIpc) is 3.15. The highest BCUT2D eigenvalue weighted by atomic mass is 15.2. The molecule has 0 bridgehead atoms. The molecule has 0 radical (unpaired) electrons. The van der Waals surface area contributed by atoms with Crippen molar-refractivity contribution >= 4 is 11.6 Å². The van der Waals surface area contributed by atoms with Gasteiger partial charge in [0.15, 0.2) is 0 Å². The van der Waals surface area contributed by atoms with Crippen LogP contribution < -0.4 is 5.32 Å². The van der Waals surface area contributed by atoms with Gasteiger partial charge in [-0.25, -0.2) is 9.97 Å². The van der Waals surface area contributed by atoms with Gasteiger partial charge in [0.25, 0.3) is 0 Å². The van der Waals surface area contributed by atoms with Crippen LogP contribution in [-0.4, -0.2) is 19.5 Å². The van der Waals surface area contributed by atoms with E-state index in [9.17, 15) is 0 Å². The van der Waals surface area contributed by atoms with Gasteiger partial charge in [-0.2, -0.15) is 4.98 Å². The molecule has 1 N–H and O–H groups in total. The van der Waals surface area contributed by atoms with Crippen molar-refractivity contribution in [2.24, 2.45) is 0 Å². The van der Waals surface area contributed by atoms with Gasteiger partial charge in [0.05, 0.1) is 0 Å². The zero-order chi connectivity index (χ0) is 17.1.